The van der Waals surface area contributed by atoms with Crippen molar-refractivity contribution in [2.24, 2.45) is 5.73 Å². The molecule has 0 aliphatic rings. The fraction of sp³-hybridized carbons (Fsp3) is 1.00. The van der Waals surface area contributed by atoms with E-state index in [1.54, 1.807) is 0 Å². The molecule has 0 aliphatic heterocycles. The molecule has 0 saturated carbocycles. The molecule has 0 radical (unpaired) electrons. The van der Waals surface area contributed by atoms with E-state index in [1.165, 1.54) is 12.8 Å². The fourth-order valence-electron chi connectivity index (χ4n) is 0.920. The average Bonchev–Trinajstić information content (AvgIpc) is 1.82. The Morgan fingerprint density at radius 2 is 2.00 bits per heavy atom. The van der Waals surface area contributed by atoms with Crippen LogP contribution < -0.4 is 5.73 Å². The molecule has 0 spiro atoms. The van der Waals surface area contributed by atoms with Crippen molar-refractivity contribution in [1.82, 2.24) is 4.90 Å². The lowest BCUT2D eigenvalue weighted by Gasteiger charge is -2.21. The van der Waals surface area contributed by atoms with Crippen LogP contribution in [0.1, 0.15) is 19.8 Å². The predicted octanol–water partition coefficient (Wildman–Crippen LogP) is 0.675. The lowest BCUT2D eigenvalue weighted by atomic mass is 10.1. The number of rotatable bonds is 4. The van der Waals surface area contributed by atoms with Gasteiger partial charge in [-0.3, -0.25) is 0 Å². The molecule has 0 aromatic carbocycles. The highest BCUT2D eigenvalue weighted by atomic mass is 15.1. The largest absolute Gasteiger partial charge is 0.329 e. The van der Waals surface area contributed by atoms with Gasteiger partial charge in [-0.15, -0.1) is 0 Å². The zero-order valence-electron chi connectivity index (χ0n) is 6.72. The molecule has 1 atom stereocenters. The zero-order chi connectivity index (χ0) is 7.28. The molecular weight excluding hydrogens is 112 g/mol. The second kappa shape index (κ2) is 4.77. The molecule has 0 aromatic rings. The van der Waals surface area contributed by atoms with Crippen molar-refractivity contribution in [2.45, 2.75) is 25.8 Å². The van der Waals surface area contributed by atoms with Gasteiger partial charge < -0.3 is 10.6 Å². The average molecular weight is 130 g/mol. The molecule has 0 fully saturated rings. The second-order valence-corrected chi connectivity index (χ2v) is 2.64. The Bertz CT molecular complexity index is 61.9. The normalized spacial score (nSPS) is 14.3. The third-order valence-electron chi connectivity index (χ3n) is 1.62. The quantitative estimate of drug-likeness (QED) is 0.606. The summed E-state index contributed by atoms with van der Waals surface area (Å²) in [6, 6.07) is 0.579. The first kappa shape index (κ1) is 8.92. The molecule has 0 unspecified atom stereocenters. The molecule has 0 heterocycles. The molecule has 9 heavy (non-hydrogen) atoms. The number of nitrogens with zero attached hydrogens (tertiary/aromatic N) is 1. The van der Waals surface area contributed by atoms with Crippen LogP contribution in [-0.4, -0.2) is 31.6 Å². The fourth-order valence-corrected chi connectivity index (χ4v) is 0.920. The maximum atomic E-state index is 5.52. The summed E-state index contributed by atoms with van der Waals surface area (Å²) in [6.07, 6.45) is 2.43. The summed E-state index contributed by atoms with van der Waals surface area (Å²) in [5.74, 6) is 0. The van der Waals surface area contributed by atoms with Gasteiger partial charge in [0.15, 0.2) is 0 Å². The second-order valence-electron chi connectivity index (χ2n) is 2.64. The standard InChI is InChI=1S/C7H18N2/c1-4-5-7(6-8)9(2)3/h7H,4-6,8H2,1-3H3/t7-/m1/s1. The van der Waals surface area contributed by atoms with Gasteiger partial charge in [-0.2, -0.15) is 0 Å². The first-order valence-corrected chi connectivity index (χ1v) is 3.58. The Labute approximate surface area is 58.0 Å². The molecule has 0 rings (SSSR count). The van der Waals surface area contributed by atoms with E-state index in [0.29, 0.717) is 6.04 Å². The first-order valence-electron chi connectivity index (χ1n) is 3.58. The summed E-state index contributed by atoms with van der Waals surface area (Å²) >= 11 is 0. The van der Waals surface area contributed by atoms with Crippen molar-refractivity contribution in [2.75, 3.05) is 20.6 Å². The van der Waals surface area contributed by atoms with Crippen LogP contribution in [0.3, 0.4) is 0 Å². The van der Waals surface area contributed by atoms with Crippen LogP contribution >= 0.6 is 0 Å². The lowest BCUT2D eigenvalue weighted by molar-refractivity contribution is 0.283. The van der Waals surface area contributed by atoms with Gasteiger partial charge in [-0.25, -0.2) is 0 Å². The summed E-state index contributed by atoms with van der Waals surface area (Å²) < 4.78 is 0. The molecule has 2 heteroatoms. The van der Waals surface area contributed by atoms with Gasteiger partial charge in [0.2, 0.25) is 0 Å². The lowest BCUT2D eigenvalue weighted by Crippen LogP contribution is -2.34. The molecule has 2 N–H and O–H groups in total. The Morgan fingerprint density at radius 1 is 1.44 bits per heavy atom. The van der Waals surface area contributed by atoms with Gasteiger partial charge in [-0.1, -0.05) is 13.3 Å². The van der Waals surface area contributed by atoms with E-state index < -0.39 is 0 Å². The van der Waals surface area contributed by atoms with Gasteiger partial charge in [0.1, 0.15) is 0 Å². The topological polar surface area (TPSA) is 29.3 Å². The summed E-state index contributed by atoms with van der Waals surface area (Å²) in [6.45, 7) is 2.97. The molecular formula is C7H18N2. The Hall–Kier alpha value is -0.0800. The maximum Gasteiger partial charge on any atom is 0.0212 e. The third-order valence-corrected chi connectivity index (χ3v) is 1.62. The van der Waals surface area contributed by atoms with E-state index >= 15 is 0 Å². The van der Waals surface area contributed by atoms with E-state index in [9.17, 15) is 0 Å². The molecule has 0 bridgehead atoms. The highest BCUT2D eigenvalue weighted by molar-refractivity contribution is 4.64. The molecule has 56 valence electrons. The summed E-state index contributed by atoms with van der Waals surface area (Å²) in [4.78, 5) is 2.18. The van der Waals surface area contributed by atoms with Crippen LogP contribution in [0.5, 0.6) is 0 Å². The van der Waals surface area contributed by atoms with Crippen molar-refractivity contribution >= 4 is 0 Å². The molecule has 0 amide bonds. The van der Waals surface area contributed by atoms with Gasteiger partial charge in [0.05, 0.1) is 0 Å². The number of hydrogen-bond acceptors (Lipinski definition) is 2. The molecule has 2 nitrogen and oxygen atoms in total. The van der Waals surface area contributed by atoms with E-state index in [4.69, 9.17) is 5.73 Å². The zero-order valence-corrected chi connectivity index (χ0v) is 6.72. The summed E-state index contributed by atoms with van der Waals surface area (Å²) in [7, 11) is 4.15. The van der Waals surface area contributed by atoms with Crippen LogP contribution in [0.4, 0.5) is 0 Å². The smallest absolute Gasteiger partial charge is 0.0212 e. The van der Waals surface area contributed by atoms with E-state index in [1.807, 2.05) is 0 Å². The van der Waals surface area contributed by atoms with E-state index in [2.05, 4.69) is 25.9 Å². The number of nitrogens with two attached hydrogens (primary N) is 1. The van der Waals surface area contributed by atoms with Crippen molar-refractivity contribution in [3.05, 3.63) is 0 Å². The minimum absolute atomic E-state index is 0.579. The van der Waals surface area contributed by atoms with E-state index in [-0.39, 0.29) is 0 Å². The van der Waals surface area contributed by atoms with Crippen LogP contribution in [0, 0.1) is 0 Å². The van der Waals surface area contributed by atoms with Crippen molar-refractivity contribution in [1.29, 1.82) is 0 Å². The Balaban J connectivity index is 3.41. The van der Waals surface area contributed by atoms with Crippen LogP contribution in [0.25, 0.3) is 0 Å². The SMILES string of the molecule is CCC[C@H](CN)N(C)C. The van der Waals surface area contributed by atoms with Crippen molar-refractivity contribution in [3.8, 4) is 0 Å². The summed E-state index contributed by atoms with van der Waals surface area (Å²) in [5, 5.41) is 0. The van der Waals surface area contributed by atoms with Gasteiger partial charge in [0, 0.05) is 12.6 Å². The van der Waals surface area contributed by atoms with E-state index in [0.717, 1.165) is 6.54 Å². The van der Waals surface area contributed by atoms with Gasteiger partial charge in [0.25, 0.3) is 0 Å². The third kappa shape index (κ3) is 3.49. The molecule has 0 aromatic heterocycles. The van der Waals surface area contributed by atoms with Crippen LogP contribution in [0.2, 0.25) is 0 Å². The number of hydrogen-bond donors (Lipinski definition) is 1. The van der Waals surface area contributed by atoms with Gasteiger partial charge in [-0.05, 0) is 20.5 Å². The van der Waals surface area contributed by atoms with Crippen molar-refractivity contribution in [3.63, 3.8) is 0 Å². The highest BCUT2D eigenvalue weighted by Gasteiger charge is 2.05. The number of likely N-dealkylation sites (N-methyl/N-ethyl adjacent to an activating group) is 1. The monoisotopic (exact) mass is 130 g/mol. The minimum Gasteiger partial charge on any atom is -0.329 e. The molecule has 0 saturated heterocycles. The first-order chi connectivity index (χ1) is 4.22. The predicted molar refractivity (Wildman–Crippen MR) is 41.4 cm³/mol. The highest BCUT2D eigenvalue weighted by Crippen LogP contribution is 1.99. The summed E-state index contributed by atoms with van der Waals surface area (Å²) in [5.41, 5.74) is 5.52. The Morgan fingerprint density at radius 3 is 2.11 bits per heavy atom. The maximum absolute atomic E-state index is 5.52. The minimum atomic E-state index is 0.579. The Kier molecular flexibility index (Phi) is 4.72. The van der Waals surface area contributed by atoms with Crippen LogP contribution in [-0.2, 0) is 0 Å². The van der Waals surface area contributed by atoms with Crippen LogP contribution in [0.15, 0.2) is 0 Å². The molecule has 0 aliphatic carbocycles. The van der Waals surface area contributed by atoms with Crippen molar-refractivity contribution < 1.29 is 0 Å². The van der Waals surface area contributed by atoms with Gasteiger partial charge >= 0.3 is 0 Å².